The van der Waals surface area contributed by atoms with Crippen molar-refractivity contribution in [3.63, 3.8) is 0 Å². The summed E-state index contributed by atoms with van der Waals surface area (Å²) in [5.41, 5.74) is 2.38. The van der Waals surface area contributed by atoms with Gasteiger partial charge in [0.1, 0.15) is 5.82 Å². The topological polar surface area (TPSA) is 43.8 Å². The number of likely N-dealkylation sites (tertiary alicyclic amines) is 1. The van der Waals surface area contributed by atoms with Crippen molar-refractivity contribution in [1.82, 2.24) is 9.80 Å². The van der Waals surface area contributed by atoms with Crippen LogP contribution in [0.1, 0.15) is 10.4 Å². The Hall–Kier alpha value is -2.24. The molecule has 0 unspecified atom stereocenters. The largest absolute Gasteiger partial charge is 0.396 e. The van der Waals surface area contributed by atoms with Crippen molar-refractivity contribution in [2.75, 3.05) is 40.3 Å². The van der Waals surface area contributed by atoms with Gasteiger partial charge in [0.05, 0.1) is 0 Å². The second kappa shape index (κ2) is 7.98. The quantitative estimate of drug-likeness (QED) is 0.896. The SMILES string of the molecule is CN(C)C[C@@H]1CN(C(=O)c2cccc(-c3ccc(F)cc3)c2)C[C@@H]1CO. The molecule has 0 radical (unpaired) electrons. The summed E-state index contributed by atoms with van der Waals surface area (Å²) in [6, 6.07) is 13.7. The highest BCUT2D eigenvalue weighted by molar-refractivity contribution is 5.95. The van der Waals surface area contributed by atoms with E-state index in [9.17, 15) is 14.3 Å². The number of hydrogen-bond acceptors (Lipinski definition) is 3. The lowest BCUT2D eigenvalue weighted by Crippen LogP contribution is -2.30. The molecule has 138 valence electrons. The Labute approximate surface area is 153 Å². The van der Waals surface area contributed by atoms with E-state index < -0.39 is 0 Å². The highest BCUT2D eigenvalue weighted by Crippen LogP contribution is 2.27. The van der Waals surface area contributed by atoms with Gasteiger partial charge in [0.25, 0.3) is 5.91 Å². The minimum Gasteiger partial charge on any atom is -0.396 e. The molecule has 0 spiro atoms. The first-order valence-electron chi connectivity index (χ1n) is 8.89. The van der Waals surface area contributed by atoms with E-state index in [1.54, 1.807) is 12.1 Å². The molecule has 1 heterocycles. The Balaban J connectivity index is 1.78. The summed E-state index contributed by atoms with van der Waals surface area (Å²) in [6.45, 7) is 2.18. The summed E-state index contributed by atoms with van der Waals surface area (Å²) >= 11 is 0. The van der Waals surface area contributed by atoms with Crippen LogP contribution in [0.25, 0.3) is 11.1 Å². The van der Waals surface area contributed by atoms with Gasteiger partial charge >= 0.3 is 0 Å². The zero-order valence-corrected chi connectivity index (χ0v) is 15.2. The second-order valence-corrected chi connectivity index (χ2v) is 7.26. The molecule has 1 amide bonds. The van der Waals surface area contributed by atoms with Crippen LogP contribution in [0.4, 0.5) is 4.39 Å². The Morgan fingerprint density at radius 3 is 2.46 bits per heavy atom. The summed E-state index contributed by atoms with van der Waals surface area (Å²) in [6.07, 6.45) is 0. The number of aliphatic hydroxyl groups excluding tert-OH is 1. The molecule has 1 aliphatic rings. The van der Waals surface area contributed by atoms with Gasteiger partial charge in [-0.15, -0.1) is 0 Å². The summed E-state index contributed by atoms with van der Waals surface area (Å²) in [4.78, 5) is 16.9. The molecule has 0 aromatic heterocycles. The molecule has 0 saturated carbocycles. The summed E-state index contributed by atoms with van der Waals surface area (Å²) < 4.78 is 13.1. The third kappa shape index (κ3) is 4.11. The van der Waals surface area contributed by atoms with Gasteiger partial charge in [-0.1, -0.05) is 24.3 Å². The normalized spacial score (nSPS) is 20.0. The van der Waals surface area contributed by atoms with Crippen molar-refractivity contribution in [3.8, 4) is 11.1 Å². The predicted octanol–water partition coefficient (Wildman–Crippen LogP) is 2.73. The van der Waals surface area contributed by atoms with Crippen LogP contribution < -0.4 is 0 Å². The van der Waals surface area contributed by atoms with Gasteiger partial charge in [-0.3, -0.25) is 4.79 Å². The molecule has 5 heteroatoms. The number of hydrogen-bond donors (Lipinski definition) is 1. The average Bonchev–Trinajstić information content (AvgIpc) is 3.04. The number of amides is 1. The van der Waals surface area contributed by atoms with E-state index in [2.05, 4.69) is 4.90 Å². The van der Waals surface area contributed by atoms with E-state index >= 15 is 0 Å². The molecule has 0 aliphatic carbocycles. The molecule has 4 nitrogen and oxygen atoms in total. The average molecular weight is 356 g/mol. The molecule has 3 rings (SSSR count). The lowest BCUT2D eigenvalue weighted by atomic mass is 9.97. The van der Waals surface area contributed by atoms with Crippen LogP contribution in [0, 0.1) is 17.7 Å². The van der Waals surface area contributed by atoms with Gasteiger partial charge < -0.3 is 14.9 Å². The Kier molecular flexibility index (Phi) is 5.69. The first-order valence-corrected chi connectivity index (χ1v) is 8.89. The lowest BCUT2D eigenvalue weighted by Gasteiger charge is -2.20. The van der Waals surface area contributed by atoms with Gasteiger partial charge in [0, 0.05) is 37.7 Å². The van der Waals surface area contributed by atoms with Crippen molar-refractivity contribution in [2.24, 2.45) is 11.8 Å². The van der Waals surface area contributed by atoms with Crippen molar-refractivity contribution in [2.45, 2.75) is 0 Å². The van der Waals surface area contributed by atoms with Gasteiger partial charge in [-0.25, -0.2) is 4.39 Å². The molecule has 1 saturated heterocycles. The van der Waals surface area contributed by atoms with E-state index in [1.165, 1.54) is 12.1 Å². The fourth-order valence-electron chi connectivity index (χ4n) is 3.64. The zero-order chi connectivity index (χ0) is 18.7. The van der Waals surface area contributed by atoms with Crippen LogP contribution >= 0.6 is 0 Å². The maximum absolute atomic E-state index is 13.1. The van der Waals surface area contributed by atoms with Gasteiger partial charge in [-0.2, -0.15) is 0 Å². The Morgan fingerprint density at radius 2 is 1.81 bits per heavy atom. The molecule has 26 heavy (non-hydrogen) atoms. The molecular weight excluding hydrogens is 331 g/mol. The number of rotatable bonds is 5. The van der Waals surface area contributed by atoms with E-state index in [0.29, 0.717) is 18.7 Å². The van der Waals surface area contributed by atoms with Crippen LogP contribution in [0.3, 0.4) is 0 Å². The van der Waals surface area contributed by atoms with Crippen LogP contribution in [0.2, 0.25) is 0 Å². The molecule has 2 atom stereocenters. The molecular formula is C21H25FN2O2. The third-order valence-electron chi connectivity index (χ3n) is 4.98. The van der Waals surface area contributed by atoms with Crippen molar-refractivity contribution >= 4 is 5.91 Å². The van der Waals surface area contributed by atoms with Gasteiger partial charge in [-0.05, 0) is 55.4 Å². The maximum Gasteiger partial charge on any atom is 0.253 e. The number of benzene rings is 2. The van der Waals surface area contributed by atoms with Gasteiger partial charge in [0.2, 0.25) is 0 Å². The van der Waals surface area contributed by atoms with Crippen molar-refractivity contribution < 1.29 is 14.3 Å². The van der Waals surface area contributed by atoms with Crippen LogP contribution in [0.5, 0.6) is 0 Å². The zero-order valence-electron chi connectivity index (χ0n) is 15.2. The Bertz CT molecular complexity index is 761. The number of carbonyl (C=O) groups is 1. The van der Waals surface area contributed by atoms with Gasteiger partial charge in [0.15, 0.2) is 0 Å². The van der Waals surface area contributed by atoms with Crippen molar-refractivity contribution in [3.05, 3.63) is 59.9 Å². The van der Waals surface area contributed by atoms with E-state index in [0.717, 1.165) is 17.7 Å². The smallest absolute Gasteiger partial charge is 0.253 e. The van der Waals surface area contributed by atoms with Crippen molar-refractivity contribution in [1.29, 1.82) is 0 Å². The lowest BCUT2D eigenvalue weighted by molar-refractivity contribution is 0.0779. The summed E-state index contributed by atoms with van der Waals surface area (Å²) in [7, 11) is 4.01. The van der Waals surface area contributed by atoms with E-state index in [4.69, 9.17) is 0 Å². The predicted molar refractivity (Wildman–Crippen MR) is 100 cm³/mol. The second-order valence-electron chi connectivity index (χ2n) is 7.26. The number of carbonyl (C=O) groups excluding carboxylic acids is 1. The fourth-order valence-corrected chi connectivity index (χ4v) is 3.64. The molecule has 1 fully saturated rings. The molecule has 1 aliphatic heterocycles. The fraction of sp³-hybridized carbons (Fsp3) is 0.381. The number of halogens is 1. The highest BCUT2D eigenvalue weighted by Gasteiger charge is 2.35. The summed E-state index contributed by atoms with van der Waals surface area (Å²) in [5, 5.41) is 9.65. The Morgan fingerprint density at radius 1 is 1.12 bits per heavy atom. The van der Waals surface area contributed by atoms with Crippen LogP contribution in [-0.2, 0) is 0 Å². The monoisotopic (exact) mass is 356 g/mol. The standard InChI is InChI=1S/C21H25FN2O2/c1-23(2)11-18-12-24(13-19(18)14-25)21(26)17-5-3-4-16(10-17)15-6-8-20(22)9-7-15/h3-10,18-19,25H,11-14H2,1-2H3/t18-,19-/m1/s1. The number of aliphatic hydroxyl groups is 1. The molecule has 2 aromatic carbocycles. The molecule has 0 bridgehead atoms. The first kappa shape index (κ1) is 18.5. The highest BCUT2D eigenvalue weighted by atomic mass is 19.1. The first-order chi connectivity index (χ1) is 12.5. The summed E-state index contributed by atoms with van der Waals surface area (Å²) in [5.74, 6) is 0.0922. The minimum absolute atomic E-state index is 0.0198. The van der Waals surface area contributed by atoms with Crippen LogP contribution in [0.15, 0.2) is 48.5 Å². The third-order valence-corrected chi connectivity index (χ3v) is 4.98. The molecule has 1 N–H and O–H groups in total. The maximum atomic E-state index is 13.1. The minimum atomic E-state index is -0.278. The van der Waals surface area contributed by atoms with E-state index in [-0.39, 0.29) is 30.2 Å². The molecule has 2 aromatic rings. The van der Waals surface area contributed by atoms with E-state index in [1.807, 2.05) is 43.3 Å². The van der Waals surface area contributed by atoms with Crippen LogP contribution in [-0.4, -0.2) is 61.2 Å². The number of nitrogens with zero attached hydrogens (tertiary/aromatic N) is 2.